The smallest absolute Gasteiger partial charge is 0.274 e. The van der Waals surface area contributed by atoms with Crippen molar-refractivity contribution >= 4 is 5.91 Å². The Labute approximate surface area is 146 Å². The van der Waals surface area contributed by atoms with Crippen molar-refractivity contribution in [3.63, 3.8) is 0 Å². The van der Waals surface area contributed by atoms with Crippen LogP contribution in [0.25, 0.3) is 11.4 Å². The molecule has 0 spiro atoms. The zero-order chi connectivity index (χ0) is 17.2. The van der Waals surface area contributed by atoms with Gasteiger partial charge >= 0.3 is 0 Å². The minimum Gasteiger partial charge on any atom is -0.348 e. The number of imidazole rings is 2. The summed E-state index contributed by atoms with van der Waals surface area (Å²) in [6, 6.07) is 9.87. The molecule has 1 saturated heterocycles. The number of aryl methyl sites for hydroxylation is 1. The van der Waals surface area contributed by atoms with Gasteiger partial charge in [-0.05, 0) is 19.8 Å². The standard InChI is InChI=1S/C19H21N5O/c1-13-16(23-18(22-13)14-6-3-2-4-7-14)19(25)24-11-5-8-15(12-24)17-20-9-10-21-17/h2-4,6-7,9-10,15H,5,8,11-12H2,1H3,(H,20,21)(H,22,23). The van der Waals surface area contributed by atoms with Crippen molar-refractivity contribution < 1.29 is 4.79 Å². The van der Waals surface area contributed by atoms with Crippen LogP contribution in [0.5, 0.6) is 0 Å². The van der Waals surface area contributed by atoms with Crippen molar-refractivity contribution in [3.05, 3.63) is 59.9 Å². The van der Waals surface area contributed by atoms with E-state index in [9.17, 15) is 4.79 Å². The van der Waals surface area contributed by atoms with Gasteiger partial charge in [0.25, 0.3) is 5.91 Å². The van der Waals surface area contributed by atoms with E-state index in [0.29, 0.717) is 12.2 Å². The third-order valence-electron chi connectivity index (χ3n) is 4.75. The molecule has 0 radical (unpaired) electrons. The van der Waals surface area contributed by atoms with Gasteiger partial charge in [-0.25, -0.2) is 9.97 Å². The molecule has 1 aliphatic heterocycles. The molecule has 0 saturated carbocycles. The van der Waals surface area contributed by atoms with Gasteiger partial charge in [0.15, 0.2) is 0 Å². The average molecular weight is 335 g/mol. The van der Waals surface area contributed by atoms with Gasteiger partial charge in [-0.3, -0.25) is 4.79 Å². The van der Waals surface area contributed by atoms with Crippen molar-refractivity contribution in [1.29, 1.82) is 0 Å². The molecule has 2 N–H and O–H groups in total. The molecule has 6 heteroatoms. The van der Waals surface area contributed by atoms with Crippen molar-refractivity contribution in [2.24, 2.45) is 0 Å². The summed E-state index contributed by atoms with van der Waals surface area (Å²) in [6.07, 6.45) is 5.62. The lowest BCUT2D eigenvalue weighted by Crippen LogP contribution is -2.39. The van der Waals surface area contributed by atoms with E-state index in [1.54, 1.807) is 6.20 Å². The summed E-state index contributed by atoms with van der Waals surface area (Å²) >= 11 is 0. The molecule has 25 heavy (non-hydrogen) atoms. The molecule has 6 nitrogen and oxygen atoms in total. The molecule has 1 fully saturated rings. The van der Waals surface area contributed by atoms with Gasteiger partial charge in [-0.1, -0.05) is 30.3 Å². The molecule has 128 valence electrons. The lowest BCUT2D eigenvalue weighted by molar-refractivity contribution is 0.0698. The lowest BCUT2D eigenvalue weighted by atomic mass is 9.97. The van der Waals surface area contributed by atoms with Crippen LogP contribution in [-0.2, 0) is 0 Å². The summed E-state index contributed by atoms with van der Waals surface area (Å²) in [4.78, 5) is 30.2. The van der Waals surface area contributed by atoms with Crippen molar-refractivity contribution in [3.8, 4) is 11.4 Å². The highest BCUT2D eigenvalue weighted by atomic mass is 16.2. The number of hydrogen-bond acceptors (Lipinski definition) is 3. The predicted octanol–water partition coefficient (Wildman–Crippen LogP) is 3.13. The van der Waals surface area contributed by atoms with Crippen LogP contribution in [-0.4, -0.2) is 43.8 Å². The lowest BCUT2D eigenvalue weighted by Gasteiger charge is -2.31. The molecule has 3 heterocycles. The van der Waals surface area contributed by atoms with Gasteiger partial charge < -0.3 is 14.9 Å². The van der Waals surface area contributed by atoms with E-state index in [1.165, 1.54) is 0 Å². The number of benzene rings is 1. The second-order valence-electron chi connectivity index (χ2n) is 6.49. The zero-order valence-electron chi connectivity index (χ0n) is 14.2. The Kier molecular flexibility index (Phi) is 4.09. The summed E-state index contributed by atoms with van der Waals surface area (Å²) in [5, 5.41) is 0. The van der Waals surface area contributed by atoms with Gasteiger partial charge in [0.1, 0.15) is 17.3 Å². The monoisotopic (exact) mass is 335 g/mol. The molecule has 3 aromatic rings. The topological polar surface area (TPSA) is 77.7 Å². The van der Waals surface area contributed by atoms with Gasteiger partial charge in [0, 0.05) is 42.7 Å². The number of rotatable bonds is 3. The fourth-order valence-corrected chi connectivity index (χ4v) is 3.44. The van der Waals surface area contributed by atoms with Crippen LogP contribution in [0.3, 0.4) is 0 Å². The van der Waals surface area contributed by atoms with Crippen LogP contribution in [0.15, 0.2) is 42.7 Å². The number of H-pyrrole nitrogens is 2. The maximum absolute atomic E-state index is 13.0. The molecular weight excluding hydrogens is 314 g/mol. The molecule has 0 bridgehead atoms. The van der Waals surface area contributed by atoms with Crippen molar-refractivity contribution in [2.45, 2.75) is 25.7 Å². The minimum absolute atomic E-state index is 0.00723. The number of amides is 1. The number of carbonyl (C=O) groups is 1. The Hall–Kier alpha value is -2.89. The summed E-state index contributed by atoms with van der Waals surface area (Å²) in [5.41, 5.74) is 2.31. The fraction of sp³-hybridized carbons (Fsp3) is 0.316. The number of aromatic nitrogens is 4. The summed E-state index contributed by atoms with van der Waals surface area (Å²) in [6.45, 7) is 3.35. The normalized spacial score (nSPS) is 17.6. The molecule has 1 amide bonds. The first-order chi connectivity index (χ1) is 12.2. The number of carbonyl (C=O) groups excluding carboxylic acids is 1. The fourth-order valence-electron chi connectivity index (χ4n) is 3.44. The Bertz CT molecular complexity index is 853. The van der Waals surface area contributed by atoms with Crippen molar-refractivity contribution in [1.82, 2.24) is 24.8 Å². The molecule has 2 aromatic heterocycles. The summed E-state index contributed by atoms with van der Waals surface area (Å²) in [5.74, 6) is 1.95. The minimum atomic E-state index is -0.00723. The molecule has 1 aliphatic rings. The van der Waals surface area contributed by atoms with Crippen LogP contribution in [0, 0.1) is 6.92 Å². The number of nitrogens with zero attached hydrogens (tertiary/aromatic N) is 3. The van der Waals surface area contributed by atoms with Crippen LogP contribution in [0.1, 0.15) is 40.8 Å². The van der Waals surface area contributed by atoms with Crippen LogP contribution in [0.2, 0.25) is 0 Å². The maximum atomic E-state index is 13.0. The Morgan fingerprint density at radius 3 is 2.88 bits per heavy atom. The second-order valence-corrected chi connectivity index (χ2v) is 6.49. The molecule has 4 rings (SSSR count). The highest BCUT2D eigenvalue weighted by Gasteiger charge is 2.29. The van der Waals surface area contributed by atoms with E-state index in [0.717, 1.165) is 42.3 Å². The quantitative estimate of drug-likeness (QED) is 0.772. The SMILES string of the molecule is Cc1[nH]c(-c2ccccc2)nc1C(=O)N1CCCC(c2ncc[nH]2)C1. The van der Waals surface area contributed by atoms with E-state index in [1.807, 2.05) is 48.4 Å². The van der Waals surface area contributed by atoms with Crippen molar-refractivity contribution in [2.75, 3.05) is 13.1 Å². The van der Waals surface area contributed by atoms with Gasteiger partial charge in [-0.15, -0.1) is 0 Å². The summed E-state index contributed by atoms with van der Waals surface area (Å²) < 4.78 is 0. The zero-order valence-corrected chi connectivity index (χ0v) is 14.2. The third-order valence-corrected chi connectivity index (χ3v) is 4.75. The van der Waals surface area contributed by atoms with Gasteiger partial charge in [-0.2, -0.15) is 0 Å². The number of piperidine rings is 1. The Balaban J connectivity index is 1.55. The molecular formula is C19H21N5O. The number of hydrogen-bond donors (Lipinski definition) is 2. The van der Waals surface area contributed by atoms with Gasteiger partial charge in [0.05, 0.1) is 0 Å². The Morgan fingerprint density at radius 1 is 1.28 bits per heavy atom. The summed E-state index contributed by atoms with van der Waals surface area (Å²) in [7, 11) is 0. The van der Waals surface area contributed by atoms with Crippen LogP contribution < -0.4 is 0 Å². The maximum Gasteiger partial charge on any atom is 0.274 e. The molecule has 0 aliphatic carbocycles. The van der Waals surface area contributed by atoms with E-state index in [2.05, 4.69) is 19.9 Å². The van der Waals surface area contributed by atoms with Crippen LogP contribution >= 0.6 is 0 Å². The number of nitrogens with one attached hydrogen (secondary N) is 2. The molecule has 1 aromatic carbocycles. The predicted molar refractivity (Wildman–Crippen MR) is 95.2 cm³/mol. The highest BCUT2D eigenvalue weighted by molar-refractivity contribution is 5.94. The first-order valence-electron chi connectivity index (χ1n) is 8.63. The second kappa shape index (κ2) is 6.55. The first kappa shape index (κ1) is 15.6. The van der Waals surface area contributed by atoms with Crippen LogP contribution in [0.4, 0.5) is 0 Å². The molecule has 1 atom stereocenters. The van der Waals surface area contributed by atoms with Gasteiger partial charge in [0.2, 0.25) is 0 Å². The average Bonchev–Trinajstić information content (AvgIpc) is 3.32. The third kappa shape index (κ3) is 3.07. The largest absolute Gasteiger partial charge is 0.348 e. The van der Waals surface area contributed by atoms with E-state index >= 15 is 0 Å². The van der Waals surface area contributed by atoms with E-state index < -0.39 is 0 Å². The highest BCUT2D eigenvalue weighted by Crippen LogP contribution is 2.26. The Morgan fingerprint density at radius 2 is 2.12 bits per heavy atom. The van der Waals surface area contributed by atoms with E-state index in [4.69, 9.17) is 0 Å². The first-order valence-corrected chi connectivity index (χ1v) is 8.63. The number of aromatic amines is 2. The molecule has 1 unspecified atom stereocenters. The van der Waals surface area contributed by atoms with E-state index in [-0.39, 0.29) is 11.8 Å². The number of likely N-dealkylation sites (tertiary alicyclic amines) is 1.